The number of hydrogen-bond donors (Lipinski definition) is 1. The van der Waals surface area contributed by atoms with Gasteiger partial charge in [-0.25, -0.2) is 4.79 Å². The smallest absolute Gasteiger partial charge is 0.305 e. The van der Waals surface area contributed by atoms with Gasteiger partial charge >= 0.3 is 5.69 Å². The van der Waals surface area contributed by atoms with Gasteiger partial charge in [-0.2, -0.15) is 0 Å². The lowest BCUT2D eigenvalue weighted by molar-refractivity contribution is 0.568. The molecule has 1 N–H and O–H groups in total. The number of aromatic amines is 1. The van der Waals surface area contributed by atoms with Crippen molar-refractivity contribution in [2.24, 2.45) is 0 Å². The molecule has 2 aromatic rings. The maximum absolute atomic E-state index is 12.0. The molecule has 0 aliphatic carbocycles. The first kappa shape index (κ1) is 11.4. The standard InChI is InChI=1S/C12H13BrN2OS/c13-8-4-5-10-9(7-8)14-12(16)15(10)11-3-1-2-6-17-11/h4-5,7,11H,1-3,6H2,(H,14,16). The lowest BCUT2D eigenvalue weighted by Crippen LogP contribution is -2.22. The molecule has 3 nitrogen and oxygen atoms in total. The van der Waals surface area contributed by atoms with E-state index in [1.54, 1.807) is 0 Å². The second kappa shape index (κ2) is 4.53. The van der Waals surface area contributed by atoms with Crippen molar-refractivity contribution in [3.05, 3.63) is 33.2 Å². The number of imidazole rings is 1. The molecule has 0 amide bonds. The van der Waals surface area contributed by atoms with Crippen LogP contribution in [0.3, 0.4) is 0 Å². The molecule has 0 saturated carbocycles. The summed E-state index contributed by atoms with van der Waals surface area (Å²) in [5, 5.41) is 0.297. The second-order valence-corrected chi connectivity index (χ2v) is 6.48. The Kier molecular flexibility index (Phi) is 3.04. The Labute approximate surface area is 112 Å². The van der Waals surface area contributed by atoms with Gasteiger partial charge in [-0.05, 0) is 43.2 Å². The van der Waals surface area contributed by atoms with E-state index in [-0.39, 0.29) is 5.69 Å². The lowest BCUT2D eigenvalue weighted by Gasteiger charge is -2.22. The molecule has 3 rings (SSSR count). The van der Waals surface area contributed by atoms with Crippen LogP contribution in [0.2, 0.25) is 0 Å². The second-order valence-electron chi connectivity index (χ2n) is 4.28. The summed E-state index contributed by atoms with van der Waals surface area (Å²) >= 11 is 5.31. The molecule has 1 atom stereocenters. The first-order valence-electron chi connectivity index (χ1n) is 5.77. The highest BCUT2D eigenvalue weighted by molar-refractivity contribution is 9.10. The van der Waals surface area contributed by atoms with E-state index in [0.717, 1.165) is 27.7 Å². The maximum Gasteiger partial charge on any atom is 0.327 e. The number of aromatic nitrogens is 2. The summed E-state index contributed by atoms with van der Waals surface area (Å²) in [4.78, 5) is 15.0. The number of fused-ring (bicyclic) bond motifs is 1. The van der Waals surface area contributed by atoms with Crippen LogP contribution < -0.4 is 5.69 Å². The van der Waals surface area contributed by atoms with Crippen molar-refractivity contribution in [1.29, 1.82) is 0 Å². The summed E-state index contributed by atoms with van der Waals surface area (Å²) in [6.45, 7) is 0. The molecule has 1 unspecified atom stereocenters. The van der Waals surface area contributed by atoms with Gasteiger partial charge in [0, 0.05) is 4.47 Å². The fourth-order valence-electron chi connectivity index (χ4n) is 2.32. The molecule has 1 aliphatic rings. The van der Waals surface area contributed by atoms with Crippen molar-refractivity contribution in [1.82, 2.24) is 9.55 Å². The van der Waals surface area contributed by atoms with Gasteiger partial charge in [0.25, 0.3) is 0 Å². The fraction of sp³-hybridized carbons (Fsp3) is 0.417. The minimum Gasteiger partial charge on any atom is -0.305 e. The number of H-pyrrole nitrogens is 1. The van der Waals surface area contributed by atoms with Crippen LogP contribution in [-0.2, 0) is 0 Å². The highest BCUT2D eigenvalue weighted by Gasteiger charge is 2.20. The topological polar surface area (TPSA) is 37.8 Å². The first-order valence-corrected chi connectivity index (χ1v) is 7.61. The minimum absolute atomic E-state index is 0.0116. The molecule has 1 aromatic heterocycles. The van der Waals surface area contributed by atoms with Gasteiger partial charge in [-0.1, -0.05) is 15.9 Å². The number of rotatable bonds is 1. The van der Waals surface area contributed by atoms with Crippen LogP contribution in [0.15, 0.2) is 27.5 Å². The van der Waals surface area contributed by atoms with Crippen molar-refractivity contribution in [3.63, 3.8) is 0 Å². The molecule has 17 heavy (non-hydrogen) atoms. The van der Waals surface area contributed by atoms with Gasteiger partial charge in [0.15, 0.2) is 0 Å². The SMILES string of the molecule is O=c1[nH]c2cc(Br)ccc2n1C1CCCCS1. The van der Waals surface area contributed by atoms with Crippen molar-refractivity contribution in [2.45, 2.75) is 24.6 Å². The third kappa shape index (κ3) is 2.06. The summed E-state index contributed by atoms with van der Waals surface area (Å²) < 4.78 is 2.90. The Balaban J connectivity index is 2.14. The summed E-state index contributed by atoms with van der Waals surface area (Å²) in [5.74, 6) is 1.15. The molecule has 0 spiro atoms. The predicted octanol–water partition coefficient (Wildman–Crippen LogP) is 3.51. The third-order valence-corrected chi connectivity index (χ3v) is 4.97. The average molecular weight is 313 g/mol. The zero-order valence-electron chi connectivity index (χ0n) is 9.28. The number of benzene rings is 1. The Morgan fingerprint density at radius 1 is 1.41 bits per heavy atom. The van der Waals surface area contributed by atoms with Gasteiger partial charge in [-0.3, -0.25) is 4.57 Å². The van der Waals surface area contributed by atoms with E-state index >= 15 is 0 Å². The quantitative estimate of drug-likeness (QED) is 0.875. The predicted molar refractivity (Wildman–Crippen MR) is 75.6 cm³/mol. The molecule has 1 aromatic carbocycles. The van der Waals surface area contributed by atoms with E-state index in [9.17, 15) is 4.79 Å². The van der Waals surface area contributed by atoms with Crippen LogP contribution in [0.5, 0.6) is 0 Å². The minimum atomic E-state index is 0.0116. The van der Waals surface area contributed by atoms with Crippen LogP contribution in [-0.4, -0.2) is 15.3 Å². The largest absolute Gasteiger partial charge is 0.327 e. The van der Waals surface area contributed by atoms with E-state index in [0.29, 0.717) is 5.37 Å². The van der Waals surface area contributed by atoms with Crippen molar-refractivity contribution < 1.29 is 0 Å². The summed E-state index contributed by atoms with van der Waals surface area (Å²) in [6.07, 6.45) is 3.57. The van der Waals surface area contributed by atoms with E-state index in [1.807, 2.05) is 34.5 Å². The normalized spacial score (nSPS) is 20.9. The van der Waals surface area contributed by atoms with E-state index in [1.165, 1.54) is 12.8 Å². The number of nitrogens with one attached hydrogen (secondary N) is 1. The summed E-state index contributed by atoms with van der Waals surface area (Å²) in [7, 11) is 0. The Morgan fingerprint density at radius 2 is 2.29 bits per heavy atom. The molecule has 0 radical (unpaired) electrons. The fourth-order valence-corrected chi connectivity index (χ4v) is 4.01. The third-order valence-electron chi connectivity index (χ3n) is 3.12. The van der Waals surface area contributed by atoms with Gasteiger partial charge in [-0.15, -0.1) is 11.8 Å². The van der Waals surface area contributed by atoms with Crippen molar-refractivity contribution in [3.8, 4) is 0 Å². The number of nitrogens with zero attached hydrogens (tertiary/aromatic N) is 1. The van der Waals surface area contributed by atoms with E-state index in [4.69, 9.17) is 0 Å². The van der Waals surface area contributed by atoms with Crippen LogP contribution >= 0.6 is 27.7 Å². The summed E-state index contributed by atoms with van der Waals surface area (Å²) in [5.41, 5.74) is 1.94. The Hall–Kier alpha value is -0.680. The van der Waals surface area contributed by atoms with Gasteiger partial charge in [0.05, 0.1) is 16.4 Å². The highest BCUT2D eigenvalue weighted by Crippen LogP contribution is 2.35. The van der Waals surface area contributed by atoms with Crippen LogP contribution in [0, 0.1) is 0 Å². The number of halogens is 1. The zero-order chi connectivity index (χ0) is 11.8. The van der Waals surface area contributed by atoms with Crippen molar-refractivity contribution in [2.75, 3.05) is 5.75 Å². The number of hydrogen-bond acceptors (Lipinski definition) is 2. The Morgan fingerprint density at radius 3 is 3.06 bits per heavy atom. The molecule has 1 saturated heterocycles. The maximum atomic E-state index is 12.0. The molecule has 90 valence electrons. The average Bonchev–Trinajstić information content (AvgIpc) is 2.65. The zero-order valence-corrected chi connectivity index (χ0v) is 11.7. The molecular weight excluding hydrogens is 300 g/mol. The van der Waals surface area contributed by atoms with E-state index < -0.39 is 0 Å². The highest BCUT2D eigenvalue weighted by atomic mass is 79.9. The first-order chi connectivity index (χ1) is 8.25. The molecule has 5 heteroatoms. The lowest BCUT2D eigenvalue weighted by atomic mass is 10.2. The van der Waals surface area contributed by atoms with E-state index in [2.05, 4.69) is 20.9 Å². The van der Waals surface area contributed by atoms with Crippen LogP contribution in [0.4, 0.5) is 0 Å². The monoisotopic (exact) mass is 312 g/mol. The van der Waals surface area contributed by atoms with Gasteiger partial charge < -0.3 is 4.98 Å². The molecule has 1 aliphatic heterocycles. The molecule has 2 heterocycles. The van der Waals surface area contributed by atoms with Gasteiger partial charge in [0.2, 0.25) is 0 Å². The van der Waals surface area contributed by atoms with Crippen molar-refractivity contribution >= 4 is 38.7 Å². The molecule has 1 fully saturated rings. The van der Waals surface area contributed by atoms with Crippen LogP contribution in [0.1, 0.15) is 24.6 Å². The van der Waals surface area contributed by atoms with Crippen LogP contribution in [0.25, 0.3) is 11.0 Å². The van der Waals surface area contributed by atoms with Gasteiger partial charge in [0.1, 0.15) is 0 Å². The molecular formula is C12H13BrN2OS. The Bertz CT molecular complexity index is 598. The number of thioether (sulfide) groups is 1. The summed E-state index contributed by atoms with van der Waals surface area (Å²) in [6, 6.07) is 5.95. The molecule has 0 bridgehead atoms.